The summed E-state index contributed by atoms with van der Waals surface area (Å²) in [5.41, 5.74) is 4.09. The monoisotopic (exact) mass is 498 g/mol. The number of aryl methyl sites for hydroxylation is 2. The van der Waals surface area contributed by atoms with Crippen LogP contribution in [0.2, 0.25) is 0 Å². The summed E-state index contributed by atoms with van der Waals surface area (Å²) in [5.74, 6) is 1.14. The van der Waals surface area contributed by atoms with Crippen molar-refractivity contribution in [1.82, 2.24) is 19.2 Å². The van der Waals surface area contributed by atoms with Crippen LogP contribution in [0.4, 0.5) is 0 Å². The number of methoxy groups -OCH3 is 1. The highest BCUT2D eigenvalue weighted by molar-refractivity contribution is 8.00. The van der Waals surface area contributed by atoms with Crippen molar-refractivity contribution in [1.29, 1.82) is 0 Å². The predicted octanol–water partition coefficient (Wildman–Crippen LogP) is 5.08. The van der Waals surface area contributed by atoms with Crippen LogP contribution in [-0.2, 0) is 6.54 Å². The maximum Gasteiger partial charge on any atom is 0.263 e. The largest absolute Gasteiger partial charge is 0.496 e. The highest BCUT2D eigenvalue weighted by Crippen LogP contribution is 2.28. The van der Waals surface area contributed by atoms with Gasteiger partial charge in [-0.3, -0.25) is 18.6 Å². The smallest absolute Gasteiger partial charge is 0.263 e. The molecule has 0 N–H and O–H groups in total. The number of hydrogen-bond donors (Lipinski definition) is 0. The molecule has 0 amide bonds. The van der Waals surface area contributed by atoms with Crippen molar-refractivity contribution in [3.63, 3.8) is 0 Å². The normalized spacial score (nSPS) is 12.2. The molecule has 0 saturated carbocycles. The molecule has 0 aliphatic rings. The molecule has 0 saturated heterocycles. The van der Waals surface area contributed by atoms with Crippen molar-refractivity contribution in [2.45, 2.75) is 37.7 Å². The number of Topliss-reactive ketones (excluding diaryl/α,β-unsaturated/α-hetero) is 1. The van der Waals surface area contributed by atoms with Crippen LogP contribution in [0.3, 0.4) is 0 Å². The average molecular weight is 499 g/mol. The molecule has 0 fully saturated rings. The average Bonchev–Trinajstić information content (AvgIpc) is 3.31. The molecule has 5 aromatic rings. The number of thioether (sulfide) groups is 1. The molecule has 3 aromatic carbocycles. The Kier molecular flexibility index (Phi) is 6.36. The van der Waals surface area contributed by atoms with E-state index in [0.717, 1.165) is 16.7 Å². The van der Waals surface area contributed by atoms with Crippen molar-refractivity contribution in [3.8, 4) is 5.75 Å². The van der Waals surface area contributed by atoms with Gasteiger partial charge in [-0.1, -0.05) is 59.8 Å². The van der Waals surface area contributed by atoms with Gasteiger partial charge in [0.25, 0.3) is 5.56 Å². The minimum atomic E-state index is -0.397. The van der Waals surface area contributed by atoms with E-state index in [2.05, 4.69) is 10.2 Å². The van der Waals surface area contributed by atoms with E-state index >= 15 is 0 Å². The Hall–Kier alpha value is -3.91. The molecule has 36 heavy (non-hydrogen) atoms. The number of para-hydroxylation sites is 2. The number of carbonyl (C=O) groups is 1. The van der Waals surface area contributed by atoms with Crippen LogP contribution < -0.4 is 10.3 Å². The number of ketones is 1. The Morgan fingerprint density at radius 2 is 1.78 bits per heavy atom. The standard InChI is InChI=1S/C28H26N4O3S/c1-17-13-14-18(2)22(15-17)25(33)19(3)36-28-30-29-27-31(16-20-9-5-8-12-24(20)35-4)26(34)21-10-6-7-11-23(21)32(27)28/h5-15,19H,16H2,1-4H3. The van der Waals surface area contributed by atoms with E-state index in [0.29, 0.717) is 33.1 Å². The molecule has 0 aliphatic carbocycles. The number of aromatic nitrogens is 4. The topological polar surface area (TPSA) is 78.5 Å². The molecule has 2 heterocycles. The molecule has 1 atom stereocenters. The second-order valence-electron chi connectivity index (χ2n) is 8.78. The number of fused-ring (bicyclic) bond motifs is 3. The molecule has 0 radical (unpaired) electrons. The summed E-state index contributed by atoms with van der Waals surface area (Å²) in [6, 6.07) is 20.9. The summed E-state index contributed by atoms with van der Waals surface area (Å²) in [6.07, 6.45) is 0. The van der Waals surface area contributed by atoms with Gasteiger partial charge in [-0.05, 0) is 50.6 Å². The van der Waals surface area contributed by atoms with Crippen LogP contribution in [0, 0.1) is 13.8 Å². The molecular weight excluding hydrogens is 472 g/mol. The Morgan fingerprint density at radius 3 is 2.58 bits per heavy atom. The van der Waals surface area contributed by atoms with Gasteiger partial charge in [0, 0.05) is 11.1 Å². The predicted molar refractivity (Wildman–Crippen MR) is 142 cm³/mol. The first-order valence-corrected chi connectivity index (χ1v) is 12.5. The maximum atomic E-state index is 13.5. The van der Waals surface area contributed by atoms with E-state index in [1.807, 2.05) is 85.8 Å². The van der Waals surface area contributed by atoms with E-state index in [-0.39, 0.29) is 17.9 Å². The molecular formula is C28H26N4O3S. The third-order valence-electron chi connectivity index (χ3n) is 6.31. The van der Waals surface area contributed by atoms with Gasteiger partial charge in [0.15, 0.2) is 10.9 Å². The lowest BCUT2D eigenvalue weighted by molar-refractivity contribution is 0.0993. The van der Waals surface area contributed by atoms with Crippen molar-refractivity contribution in [2.24, 2.45) is 0 Å². The summed E-state index contributed by atoms with van der Waals surface area (Å²) in [7, 11) is 1.61. The fraction of sp³-hybridized carbons (Fsp3) is 0.214. The van der Waals surface area contributed by atoms with Gasteiger partial charge in [-0.25, -0.2) is 0 Å². The summed E-state index contributed by atoms with van der Waals surface area (Å²) in [6.45, 7) is 6.08. The third kappa shape index (κ3) is 4.18. The quantitative estimate of drug-likeness (QED) is 0.230. The van der Waals surface area contributed by atoms with E-state index in [1.165, 1.54) is 11.8 Å². The van der Waals surface area contributed by atoms with Crippen LogP contribution in [0.25, 0.3) is 16.7 Å². The molecule has 7 nitrogen and oxygen atoms in total. The van der Waals surface area contributed by atoms with Gasteiger partial charge in [-0.2, -0.15) is 0 Å². The van der Waals surface area contributed by atoms with Gasteiger partial charge in [0.2, 0.25) is 5.78 Å². The molecule has 8 heteroatoms. The van der Waals surface area contributed by atoms with Gasteiger partial charge < -0.3 is 4.74 Å². The van der Waals surface area contributed by atoms with E-state index < -0.39 is 5.25 Å². The minimum absolute atomic E-state index is 0.0320. The first-order valence-electron chi connectivity index (χ1n) is 11.7. The molecule has 0 aliphatic heterocycles. The van der Waals surface area contributed by atoms with Gasteiger partial charge in [-0.15, -0.1) is 10.2 Å². The number of benzene rings is 3. The summed E-state index contributed by atoms with van der Waals surface area (Å²) >= 11 is 1.34. The van der Waals surface area contributed by atoms with E-state index in [9.17, 15) is 9.59 Å². The van der Waals surface area contributed by atoms with Crippen LogP contribution in [0.15, 0.2) is 76.7 Å². The molecule has 2 aromatic heterocycles. The van der Waals surface area contributed by atoms with Crippen LogP contribution in [-0.4, -0.2) is 37.3 Å². The molecule has 182 valence electrons. The highest BCUT2D eigenvalue weighted by atomic mass is 32.2. The zero-order valence-electron chi connectivity index (χ0n) is 20.6. The highest BCUT2D eigenvalue weighted by Gasteiger charge is 2.23. The van der Waals surface area contributed by atoms with Gasteiger partial charge >= 0.3 is 0 Å². The fourth-order valence-corrected chi connectivity index (χ4v) is 5.31. The lowest BCUT2D eigenvalue weighted by atomic mass is 10.0. The molecule has 0 bridgehead atoms. The number of nitrogens with zero attached hydrogens (tertiary/aromatic N) is 4. The fourth-order valence-electron chi connectivity index (χ4n) is 4.39. The lowest BCUT2D eigenvalue weighted by Gasteiger charge is -2.14. The zero-order valence-corrected chi connectivity index (χ0v) is 21.4. The second kappa shape index (κ2) is 9.62. The second-order valence-corrected chi connectivity index (χ2v) is 10.1. The Labute approximate surface area is 212 Å². The van der Waals surface area contributed by atoms with Crippen LogP contribution >= 0.6 is 11.8 Å². The Morgan fingerprint density at radius 1 is 1.03 bits per heavy atom. The number of rotatable bonds is 7. The van der Waals surface area contributed by atoms with E-state index in [1.54, 1.807) is 17.7 Å². The summed E-state index contributed by atoms with van der Waals surface area (Å²) in [4.78, 5) is 26.8. The van der Waals surface area contributed by atoms with Crippen molar-refractivity contribution >= 4 is 34.2 Å². The number of ether oxygens (including phenoxy) is 1. The van der Waals surface area contributed by atoms with Gasteiger partial charge in [0.1, 0.15) is 5.75 Å². The van der Waals surface area contributed by atoms with Crippen LogP contribution in [0.1, 0.15) is 34.0 Å². The molecule has 5 rings (SSSR count). The van der Waals surface area contributed by atoms with Crippen molar-refractivity contribution < 1.29 is 9.53 Å². The first kappa shape index (κ1) is 23.8. The SMILES string of the molecule is COc1ccccc1Cn1c(=O)c2ccccc2n2c(SC(C)C(=O)c3cc(C)ccc3C)nnc12. The van der Waals surface area contributed by atoms with E-state index in [4.69, 9.17) is 4.74 Å². The third-order valence-corrected chi connectivity index (χ3v) is 7.35. The Balaban J connectivity index is 1.62. The minimum Gasteiger partial charge on any atom is -0.496 e. The van der Waals surface area contributed by atoms with Crippen molar-refractivity contribution in [3.05, 3.63) is 99.3 Å². The summed E-state index contributed by atoms with van der Waals surface area (Å²) < 4.78 is 8.97. The number of carbonyl (C=O) groups excluding carboxylic acids is 1. The zero-order chi connectivity index (χ0) is 25.4. The van der Waals surface area contributed by atoms with Gasteiger partial charge in [0.05, 0.1) is 29.8 Å². The number of hydrogen-bond acceptors (Lipinski definition) is 6. The van der Waals surface area contributed by atoms with Crippen LogP contribution in [0.5, 0.6) is 5.75 Å². The van der Waals surface area contributed by atoms with Crippen molar-refractivity contribution in [2.75, 3.05) is 7.11 Å². The first-order chi connectivity index (χ1) is 17.4. The molecule has 1 unspecified atom stereocenters. The molecule has 0 spiro atoms. The Bertz CT molecular complexity index is 1670. The maximum absolute atomic E-state index is 13.5. The summed E-state index contributed by atoms with van der Waals surface area (Å²) in [5, 5.41) is 9.53. The lowest BCUT2D eigenvalue weighted by Crippen LogP contribution is -2.24.